The second-order valence-electron chi connectivity index (χ2n) is 6.68. The van der Waals surface area contributed by atoms with Gasteiger partial charge in [0.2, 0.25) is 0 Å². The van der Waals surface area contributed by atoms with Crippen molar-refractivity contribution in [2.45, 2.75) is 58.3 Å². The van der Waals surface area contributed by atoms with Gasteiger partial charge in [-0.05, 0) is 37.5 Å². The summed E-state index contributed by atoms with van der Waals surface area (Å²) in [7, 11) is 0. The van der Waals surface area contributed by atoms with Gasteiger partial charge in [0.05, 0.1) is 5.92 Å². The molecule has 1 aliphatic carbocycles. The maximum atomic E-state index is 12.1. The number of carboxylic acid groups (broad SMARTS) is 1. The van der Waals surface area contributed by atoms with E-state index in [1.807, 2.05) is 11.8 Å². The summed E-state index contributed by atoms with van der Waals surface area (Å²) in [5, 5.41) is 11.8. The van der Waals surface area contributed by atoms with Gasteiger partial charge in [0.25, 0.3) is 0 Å². The third kappa shape index (κ3) is 4.11. The predicted molar refractivity (Wildman–Crippen MR) is 81.1 cm³/mol. The summed E-state index contributed by atoms with van der Waals surface area (Å²) < 4.78 is 0. The zero-order valence-corrected chi connectivity index (χ0v) is 13.1. The molecular formula is C16H28N2O3. The van der Waals surface area contributed by atoms with Crippen molar-refractivity contribution in [2.75, 3.05) is 19.6 Å². The number of nitrogens with one attached hydrogen (secondary N) is 1. The number of rotatable bonds is 4. The van der Waals surface area contributed by atoms with E-state index in [1.54, 1.807) is 0 Å². The van der Waals surface area contributed by atoms with Gasteiger partial charge in [0, 0.05) is 19.6 Å². The average Bonchev–Trinajstić information content (AvgIpc) is 2.49. The molecule has 2 aliphatic rings. The maximum Gasteiger partial charge on any atom is 0.317 e. The van der Waals surface area contributed by atoms with E-state index < -0.39 is 11.9 Å². The molecule has 21 heavy (non-hydrogen) atoms. The summed E-state index contributed by atoms with van der Waals surface area (Å²) in [5.41, 5.74) is 0.488. The molecule has 1 aliphatic heterocycles. The Morgan fingerprint density at radius 1 is 1.14 bits per heavy atom. The lowest BCUT2D eigenvalue weighted by Gasteiger charge is -2.44. The first-order valence-corrected chi connectivity index (χ1v) is 8.32. The fourth-order valence-corrected chi connectivity index (χ4v) is 3.71. The van der Waals surface area contributed by atoms with E-state index in [4.69, 9.17) is 5.11 Å². The molecule has 5 nitrogen and oxygen atoms in total. The highest BCUT2D eigenvalue weighted by Crippen LogP contribution is 2.44. The molecule has 5 heteroatoms. The second kappa shape index (κ2) is 7.14. The molecule has 1 spiro atoms. The lowest BCUT2D eigenvalue weighted by Crippen LogP contribution is -2.49. The molecule has 120 valence electrons. The van der Waals surface area contributed by atoms with E-state index in [-0.39, 0.29) is 12.6 Å². The Hall–Kier alpha value is -1.26. The van der Waals surface area contributed by atoms with Crippen LogP contribution in [-0.4, -0.2) is 41.6 Å². The van der Waals surface area contributed by atoms with Crippen LogP contribution in [-0.2, 0) is 4.79 Å². The van der Waals surface area contributed by atoms with Gasteiger partial charge >= 0.3 is 12.0 Å². The Morgan fingerprint density at radius 2 is 1.76 bits per heavy atom. The van der Waals surface area contributed by atoms with Gasteiger partial charge in [-0.3, -0.25) is 4.79 Å². The van der Waals surface area contributed by atoms with Crippen LogP contribution in [0.4, 0.5) is 4.79 Å². The highest BCUT2D eigenvalue weighted by molar-refractivity contribution is 5.76. The number of carboxylic acids is 1. The molecule has 0 aromatic rings. The molecule has 1 saturated heterocycles. The predicted octanol–water partition coefficient (Wildman–Crippen LogP) is 2.85. The minimum atomic E-state index is -0.836. The molecule has 2 fully saturated rings. The van der Waals surface area contributed by atoms with Crippen LogP contribution in [0.1, 0.15) is 58.3 Å². The lowest BCUT2D eigenvalue weighted by atomic mass is 9.68. The number of likely N-dealkylation sites (tertiary alicyclic amines) is 1. The van der Waals surface area contributed by atoms with Crippen molar-refractivity contribution in [3.63, 3.8) is 0 Å². The molecule has 1 unspecified atom stereocenters. The van der Waals surface area contributed by atoms with E-state index in [0.717, 1.165) is 25.9 Å². The van der Waals surface area contributed by atoms with E-state index in [1.165, 1.54) is 32.1 Å². The van der Waals surface area contributed by atoms with Crippen molar-refractivity contribution in [1.82, 2.24) is 10.2 Å². The van der Waals surface area contributed by atoms with E-state index in [2.05, 4.69) is 5.32 Å². The van der Waals surface area contributed by atoms with Crippen LogP contribution in [0.5, 0.6) is 0 Å². The molecule has 1 heterocycles. The minimum Gasteiger partial charge on any atom is -0.481 e. The van der Waals surface area contributed by atoms with Crippen molar-refractivity contribution in [3.05, 3.63) is 0 Å². The Kier molecular flexibility index (Phi) is 5.48. The number of hydrogen-bond acceptors (Lipinski definition) is 2. The lowest BCUT2D eigenvalue weighted by molar-refractivity contribution is -0.141. The van der Waals surface area contributed by atoms with Crippen molar-refractivity contribution < 1.29 is 14.7 Å². The van der Waals surface area contributed by atoms with Gasteiger partial charge in [-0.1, -0.05) is 26.2 Å². The molecule has 0 bridgehead atoms. The van der Waals surface area contributed by atoms with Crippen LogP contribution in [0.3, 0.4) is 0 Å². The standard InChI is InChI=1S/C16H28N2O3/c1-2-13(14(19)20)12-17-15(21)18-10-8-16(9-11-18)6-4-3-5-7-16/h13H,2-12H2,1H3,(H,17,21)(H,19,20). The number of nitrogens with zero attached hydrogens (tertiary/aromatic N) is 1. The Morgan fingerprint density at radius 3 is 2.29 bits per heavy atom. The Labute approximate surface area is 127 Å². The van der Waals surface area contributed by atoms with E-state index in [0.29, 0.717) is 11.8 Å². The Balaban J connectivity index is 1.76. The molecule has 2 rings (SSSR count). The minimum absolute atomic E-state index is 0.0969. The van der Waals surface area contributed by atoms with Gasteiger partial charge in [-0.2, -0.15) is 0 Å². The van der Waals surface area contributed by atoms with Gasteiger partial charge in [-0.15, -0.1) is 0 Å². The van der Waals surface area contributed by atoms with Crippen LogP contribution in [0.15, 0.2) is 0 Å². The normalized spacial score (nSPS) is 22.8. The first-order chi connectivity index (χ1) is 10.1. The second-order valence-corrected chi connectivity index (χ2v) is 6.68. The zero-order valence-electron chi connectivity index (χ0n) is 13.1. The number of carbonyl (C=O) groups is 2. The topological polar surface area (TPSA) is 69.6 Å². The van der Waals surface area contributed by atoms with Gasteiger partial charge in [0.1, 0.15) is 0 Å². The highest BCUT2D eigenvalue weighted by Gasteiger charge is 2.36. The van der Waals surface area contributed by atoms with Crippen molar-refractivity contribution in [1.29, 1.82) is 0 Å². The number of aliphatic carboxylic acids is 1. The maximum absolute atomic E-state index is 12.1. The van der Waals surface area contributed by atoms with Crippen LogP contribution in [0.2, 0.25) is 0 Å². The molecule has 0 radical (unpaired) electrons. The molecule has 1 saturated carbocycles. The highest BCUT2D eigenvalue weighted by atomic mass is 16.4. The first-order valence-electron chi connectivity index (χ1n) is 8.32. The molecule has 2 amide bonds. The van der Waals surface area contributed by atoms with E-state index in [9.17, 15) is 9.59 Å². The summed E-state index contributed by atoms with van der Waals surface area (Å²) in [5.74, 6) is -1.32. The molecule has 1 atom stereocenters. The smallest absolute Gasteiger partial charge is 0.317 e. The summed E-state index contributed by atoms with van der Waals surface area (Å²) in [4.78, 5) is 24.9. The molecule has 2 N–H and O–H groups in total. The van der Waals surface area contributed by atoms with Crippen molar-refractivity contribution in [3.8, 4) is 0 Å². The molecule has 0 aromatic carbocycles. The fraction of sp³-hybridized carbons (Fsp3) is 0.875. The monoisotopic (exact) mass is 296 g/mol. The zero-order chi connectivity index (χ0) is 15.3. The SMILES string of the molecule is CCC(CNC(=O)N1CCC2(CCCCC2)CC1)C(=O)O. The fourth-order valence-electron chi connectivity index (χ4n) is 3.71. The number of hydrogen-bond donors (Lipinski definition) is 2. The molecule has 0 aromatic heterocycles. The summed E-state index contributed by atoms with van der Waals surface area (Å²) in [6.45, 7) is 3.69. The van der Waals surface area contributed by atoms with Gasteiger partial charge in [0.15, 0.2) is 0 Å². The van der Waals surface area contributed by atoms with Gasteiger partial charge in [-0.25, -0.2) is 4.79 Å². The number of urea groups is 1. The largest absolute Gasteiger partial charge is 0.481 e. The first kappa shape index (κ1) is 16.1. The number of carbonyl (C=O) groups excluding carboxylic acids is 1. The summed E-state index contributed by atoms with van der Waals surface area (Å²) in [6, 6.07) is -0.0969. The Bertz CT molecular complexity index is 368. The van der Waals surface area contributed by atoms with Crippen molar-refractivity contribution >= 4 is 12.0 Å². The number of amides is 2. The summed E-state index contributed by atoms with van der Waals surface area (Å²) in [6.07, 6.45) is 9.43. The van der Waals surface area contributed by atoms with Crippen LogP contribution < -0.4 is 5.32 Å². The third-order valence-corrected chi connectivity index (χ3v) is 5.37. The average molecular weight is 296 g/mol. The van der Waals surface area contributed by atoms with Crippen LogP contribution in [0, 0.1) is 11.3 Å². The van der Waals surface area contributed by atoms with E-state index >= 15 is 0 Å². The summed E-state index contributed by atoms with van der Waals surface area (Å²) >= 11 is 0. The quantitative estimate of drug-likeness (QED) is 0.838. The van der Waals surface area contributed by atoms with Crippen LogP contribution >= 0.6 is 0 Å². The molecular weight excluding hydrogens is 268 g/mol. The third-order valence-electron chi connectivity index (χ3n) is 5.37. The number of piperidine rings is 1. The van der Waals surface area contributed by atoms with Crippen molar-refractivity contribution in [2.24, 2.45) is 11.3 Å². The van der Waals surface area contributed by atoms with Crippen LogP contribution in [0.25, 0.3) is 0 Å². The van der Waals surface area contributed by atoms with Gasteiger partial charge < -0.3 is 15.3 Å².